The Morgan fingerprint density at radius 1 is 1.24 bits per heavy atom. The Morgan fingerprint density at radius 2 is 1.88 bits per heavy atom. The van der Waals surface area contributed by atoms with Gasteiger partial charge >= 0.3 is 0 Å². The van der Waals surface area contributed by atoms with Gasteiger partial charge in [0.1, 0.15) is 0 Å². The molecule has 1 aromatic carbocycles. The third kappa shape index (κ3) is 2.74. The number of hydrogen-bond donors (Lipinski definition) is 1. The summed E-state index contributed by atoms with van der Waals surface area (Å²) in [7, 11) is 0. The second kappa shape index (κ2) is 4.74. The van der Waals surface area contributed by atoms with E-state index in [0.29, 0.717) is 5.41 Å². The quantitative estimate of drug-likeness (QED) is 0.864. The average Bonchev–Trinajstić information content (AvgIpc) is 2.70. The van der Waals surface area contributed by atoms with Crippen LogP contribution in [0.3, 0.4) is 0 Å². The van der Waals surface area contributed by atoms with Crippen molar-refractivity contribution in [1.29, 1.82) is 0 Å². The summed E-state index contributed by atoms with van der Waals surface area (Å²) in [4.78, 5) is 0. The van der Waals surface area contributed by atoms with Crippen LogP contribution in [0.1, 0.15) is 39.2 Å². The molecule has 2 rings (SSSR count). The fourth-order valence-electron chi connectivity index (χ4n) is 2.81. The fourth-order valence-corrected chi connectivity index (χ4v) is 3.08. The van der Waals surface area contributed by atoms with Crippen LogP contribution in [-0.2, 0) is 6.42 Å². The smallest absolute Gasteiger partial charge is 0.0270 e. The van der Waals surface area contributed by atoms with Crippen molar-refractivity contribution in [3.63, 3.8) is 0 Å². The maximum Gasteiger partial charge on any atom is 0.0270 e. The highest BCUT2D eigenvalue weighted by Crippen LogP contribution is 2.39. The van der Waals surface area contributed by atoms with Crippen molar-refractivity contribution in [3.8, 4) is 0 Å². The summed E-state index contributed by atoms with van der Waals surface area (Å²) in [5.41, 5.74) is 2.00. The van der Waals surface area contributed by atoms with Crippen LogP contribution < -0.4 is 5.32 Å². The van der Waals surface area contributed by atoms with Gasteiger partial charge in [0.2, 0.25) is 0 Å². The minimum absolute atomic E-state index is 0.265. The standard InChI is InChI=1S/C15H22BrN/c1-14(2,3)15(9-4-10-17-15)11-12-5-7-13(16)8-6-12/h5-8,17H,4,9-11H2,1-3H3. The van der Waals surface area contributed by atoms with E-state index >= 15 is 0 Å². The van der Waals surface area contributed by atoms with Gasteiger partial charge in [-0.3, -0.25) is 0 Å². The third-order valence-electron chi connectivity index (χ3n) is 4.10. The zero-order chi connectivity index (χ0) is 12.5. The van der Waals surface area contributed by atoms with Gasteiger partial charge in [-0.25, -0.2) is 0 Å². The van der Waals surface area contributed by atoms with Crippen molar-refractivity contribution in [2.75, 3.05) is 6.54 Å². The molecule has 1 atom stereocenters. The maximum atomic E-state index is 3.76. The predicted octanol–water partition coefficient (Wildman–Crippen LogP) is 4.16. The van der Waals surface area contributed by atoms with E-state index in [1.165, 1.54) is 18.4 Å². The zero-order valence-corrected chi connectivity index (χ0v) is 12.6. The normalized spacial score (nSPS) is 25.2. The van der Waals surface area contributed by atoms with E-state index < -0.39 is 0 Å². The molecular formula is C15H22BrN. The Hall–Kier alpha value is -0.340. The van der Waals surface area contributed by atoms with Gasteiger partial charge in [-0.05, 0) is 48.9 Å². The molecule has 0 radical (unpaired) electrons. The highest BCUT2D eigenvalue weighted by atomic mass is 79.9. The molecule has 17 heavy (non-hydrogen) atoms. The number of benzene rings is 1. The second-order valence-electron chi connectivity index (χ2n) is 6.17. The van der Waals surface area contributed by atoms with Crippen LogP contribution in [0.15, 0.2) is 28.7 Å². The van der Waals surface area contributed by atoms with Gasteiger partial charge in [0, 0.05) is 10.0 Å². The lowest BCUT2D eigenvalue weighted by atomic mass is 9.69. The predicted molar refractivity (Wildman–Crippen MR) is 77.3 cm³/mol. The van der Waals surface area contributed by atoms with E-state index in [0.717, 1.165) is 17.4 Å². The van der Waals surface area contributed by atoms with Crippen LogP contribution in [0, 0.1) is 5.41 Å². The van der Waals surface area contributed by atoms with Crippen LogP contribution in [0.5, 0.6) is 0 Å². The lowest BCUT2D eigenvalue weighted by Crippen LogP contribution is -2.52. The second-order valence-corrected chi connectivity index (χ2v) is 7.08. The minimum Gasteiger partial charge on any atom is -0.310 e. The molecule has 1 nitrogen and oxygen atoms in total. The largest absolute Gasteiger partial charge is 0.310 e. The van der Waals surface area contributed by atoms with Gasteiger partial charge in [0.25, 0.3) is 0 Å². The van der Waals surface area contributed by atoms with Gasteiger partial charge in [-0.15, -0.1) is 0 Å². The molecule has 1 aromatic rings. The van der Waals surface area contributed by atoms with Crippen LogP contribution in [0.4, 0.5) is 0 Å². The van der Waals surface area contributed by atoms with E-state index in [4.69, 9.17) is 0 Å². The molecule has 1 aliphatic rings. The minimum atomic E-state index is 0.265. The molecule has 1 unspecified atom stereocenters. The van der Waals surface area contributed by atoms with E-state index in [2.05, 4.69) is 66.3 Å². The monoisotopic (exact) mass is 295 g/mol. The molecule has 1 N–H and O–H groups in total. The van der Waals surface area contributed by atoms with Crippen LogP contribution >= 0.6 is 15.9 Å². The molecule has 1 aliphatic heterocycles. The molecule has 1 saturated heterocycles. The highest BCUT2D eigenvalue weighted by Gasteiger charge is 2.43. The SMILES string of the molecule is CC(C)(C)C1(Cc2ccc(Br)cc2)CCCN1. The van der Waals surface area contributed by atoms with E-state index in [9.17, 15) is 0 Å². The molecule has 0 amide bonds. The van der Waals surface area contributed by atoms with Gasteiger partial charge in [-0.1, -0.05) is 48.8 Å². The van der Waals surface area contributed by atoms with Crippen LogP contribution in [0.25, 0.3) is 0 Å². The average molecular weight is 296 g/mol. The lowest BCUT2D eigenvalue weighted by Gasteiger charge is -2.42. The molecule has 0 aromatic heterocycles. The summed E-state index contributed by atoms with van der Waals surface area (Å²) in [6.45, 7) is 8.21. The summed E-state index contributed by atoms with van der Waals surface area (Å²) in [6.07, 6.45) is 3.71. The molecular weight excluding hydrogens is 274 g/mol. The molecule has 0 aliphatic carbocycles. The summed E-state index contributed by atoms with van der Waals surface area (Å²) >= 11 is 3.50. The summed E-state index contributed by atoms with van der Waals surface area (Å²) in [5, 5.41) is 3.76. The Balaban J connectivity index is 2.22. The molecule has 1 fully saturated rings. The van der Waals surface area contributed by atoms with Gasteiger partial charge in [0.15, 0.2) is 0 Å². The zero-order valence-electron chi connectivity index (χ0n) is 11.0. The van der Waals surface area contributed by atoms with Crippen molar-refractivity contribution < 1.29 is 0 Å². The first-order chi connectivity index (χ1) is 7.93. The number of hydrogen-bond acceptors (Lipinski definition) is 1. The van der Waals surface area contributed by atoms with Crippen molar-refractivity contribution in [3.05, 3.63) is 34.3 Å². The first-order valence-electron chi connectivity index (χ1n) is 6.42. The molecule has 2 heteroatoms. The summed E-state index contributed by atoms with van der Waals surface area (Å²) < 4.78 is 1.16. The number of halogens is 1. The Bertz CT molecular complexity index is 369. The van der Waals surface area contributed by atoms with E-state index in [1.807, 2.05) is 0 Å². The number of rotatable bonds is 2. The molecule has 0 saturated carbocycles. The van der Waals surface area contributed by atoms with E-state index in [-0.39, 0.29) is 5.54 Å². The van der Waals surface area contributed by atoms with Crippen molar-refractivity contribution in [2.45, 2.75) is 45.6 Å². The lowest BCUT2D eigenvalue weighted by molar-refractivity contribution is 0.159. The molecule has 1 heterocycles. The van der Waals surface area contributed by atoms with Crippen LogP contribution in [0.2, 0.25) is 0 Å². The Kier molecular flexibility index (Phi) is 3.65. The first kappa shape index (κ1) is 13.1. The molecule has 0 spiro atoms. The Labute approximate surface area is 113 Å². The van der Waals surface area contributed by atoms with E-state index in [1.54, 1.807) is 0 Å². The topological polar surface area (TPSA) is 12.0 Å². The van der Waals surface area contributed by atoms with Gasteiger partial charge < -0.3 is 5.32 Å². The highest BCUT2D eigenvalue weighted by molar-refractivity contribution is 9.10. The number of nitrogens with one attached hydrogen (secondary N) is 1. The first-order valence-corrected chi connectivity index (χ1v) is 7.22. The van der Waals surface area contributed by atoms with Crippen molar-refractivity contribution in [1.82, 2.24) is 5.32 Å². The van der Waals surface area contributed by atoms with Gasteiger partial charge in [0.05, 0.1) is 0 Å². The Morgan fingerprint density at radius 3 is 2.35 bits per heavy atom. The summed E-state index contributed by atoms with van der Waals surface area (Å²) in [5.74, 6) is 0. The van der Waals surface area contributed by atoms with Crippen LogP contribution in [-0.4, -0.2) is 12.1 Å². The molecule has 0 bridgehead atoms. The van der Waals surface area contributed by atoms with Crippen molar-refractivity contribution in [2.24, 2.45) is 5.41 Å². The summed E-state index contributed by atoms with van der Waals surface area (Å²) in [6, 6.07) is 8.75. The third-order valence-corrected chi connectivity index (χ3v) is 4.63. The van der Waals surface area contributed by atoms with Crippen molar-refractivity contribution >= 4 is 15.9 Å². The molecule has 94 valence electrons. The van der Waals surface area contributed by atoms with Gasteiger partial charge in [-0.2, -0.15) is 0 Å². The fraction of sp³-hybridized carbons (Fsp3) is 0.600. The maximum absolute atomic E-state index is 3.76.